The minimum absolute atomic E-state index is 0.191. The third-order valence-corrected chi connectivity index (χ3v) is 3.32. The summed E-state index contributed by atoms with van der Waals surface area (Å²) in [5.41, 5.74) is 1.24. The SMILES string of the molecule is CCCOc1ccc(C(C)N[C@H](C)c2ccco2)cc1. The maximum Gasteiger partial charge on any atom is 0.120 e. The van der Waals surface area contributed by atoms with Crippen molar-refractivity contribution in [3.8, 4) is 5.75 Å². The van der Waals surface area contributed by atoms with E-state index in [0.29, 0.717) is 0 Å². The molecule has 1 heterocycles. The van der Waals surface area contributed by atoms with Crippen molar-refractivity contribution in [3.05, 3.63) is 54.0 Å². The van der Waals surface area contributed by atoms with Gasteiger partial charge in [0.05, 0.1) is 18.9 Å². The zero-order valence-electron chi connectivity index (χ0n) is 12.4. The van der Waals surface area contributed by atoms with Gasteiger partial charge >= 0.3 is 0 Å². The van der Waals surface area contributed by atoms with E-state index in [2.05, 4.69) is 38.2 Å². The molecule has 0 saturated carbocycles. The van der Waals surface area contributed by atoms with Crippen LogP contribution in [0.2, 0.25) is 0 Å². The first-order valence-corrected chi connectivity index (χ1v) is 7.23. The molecule has 0 fully saturated rings. The van der Waals surface area contributed by atoms with Gasteiger partial charge in [0, 0.05) is 6.04 Å². The average molecular weight is 273 g/mol. The number of hydrogen-bond donors (Lipinski definition) is 1. The van der Waals surface area contributed by atoms with Crippen molar-refractivity contribution >= 4 is 0 Å². The number of benzene rings is 1. The van der Waals surface area contributed by atoms with Gasteiger partial charge in [0.15, 0.2) is 0 Å². The van der Waals surface area contributed by atoms with Gasteiger partial charge in [0.1, 0.15) is 11.5 Å². The highest BCUT2D eigenvalue weighted by atomic mass is 16.5. The Hall–Kier alpha value is -1.74. The monoisotopic (exact) mass is 273 g/mol. The van der Waals surface area contributed by atoms with Crippen LogP contribution < -0.4 is 10.1 Å². The Balaban J connectivity index is 1.93. The van der Waals surface area contributed by atoms with E-state index in [1.807, 2.05) is 24.3 Å². The van der Waals surface area contributed by atoms with Crippen molar-refractivity contribution in [2.75, 3.05) is 6.61 Å². The summed E-state index contributed by atoms with van der Waals surface area (Å²) in [6, 6.07) is 12.6. The standard InChI is InChI=1S/C17H23NO2/c1-4-11-19-16-9-7-15(8-10-16)13(2)18-14(3)17-6-5-12-20-17/h5-10,12-14,18H,4,11H2,1-3H3/t13?,14-/m1/s1. The highest BCUT2D eigenvalue weighted by Crippen LogP contribution is 2.21. The second kappa shape index (κ2) is 7.15. The molecule has 0 amide bonds. The first-order chi connectivity index (χ1) is 9.70. The zero-order chi connectivity index (χ0) is 14.4. The molecule has 0 aliphatic rings. The van der Waals surface area contributed by atoms with E-state index >= 15 is 0 Å². The summed E-state index contributed by atoms with van der Waals surface area (Å²) in [5.74, 6) is 1.89. The van der Waals surface area contributed by atoms with E-state index in [1.165, 1.54) is 5.56 Å². The smallest absolute Gasteiger partial charge is 0.120 e. The van der Waals surface area contributed by atoms with Crippen LogP contribution in [0.4, 0.5) is 0 Å². The Morgan fingerprint density at radius 3 is 2.45 bits per heavy atom. The predicted octanol–water partition coefficient (Wildman–Crippen LogP) is 4.48. The zero-order valence-corrected chi connectivity index (χ0v) is 12.4. The van der Waals surface area contributed by atoms with Crippen LogP contribution in [0, 0.1) is 0 Å². The normalized spacial score (nSPS) is 13.9. The summed E-state index contributed by atoms with van der Waals surface area (Å²) in [4.78, 5) is 0. The molecule has 0 bridgehead atoms. The van der Waals surface area contributed by atoms with E-state index in [9.17, 15) is 0 Å². The maximum absolute atomic E-state index is 5.59. The van der Waals surface area contributed by atoms with Crippen LogP contribution >= 0.6 is 0 Å². The van der Waals surface area contributed by atoms with Crippen molar-refractivity contribution in [2.45, 2.75) is 39.3 Å². The molecule has 0 aliphatic heterocycles. The molecule has 0 aliphatic carbocycles. The lowest BCUT2D eigenvalue weighted by molar-refractivity contribution is 0.317. The Labute approximate surface area is 121 Å². The second-order valence-corrected chi connectivity index (χ2v) is 5.04. The second-order valence-electron chi connectivity index (χ2n) is 5.04. The summed E-state index contributed by atoms with van der Waals surface area (Å²) >= 11 is 0. The average Bonchev–Trinajstić information content (AvgIpc) is 3.00. The summed E-state index contributed by atoms with van der Waals surface area (Å²) in [7, 11) is 0. The third-order valence-electron chi connectivity index (χ3n) is 3.32. The van der Waals surface area contributed by atoms with Crippen LogP contribution in [0.15, 0.2) is 47.1 Å². The number of furan rings is 1. The highest BCUT2D eigenvalue weighted by Gasteiger charge is 2.12. The summed E-state index contributed by atoms with van der Waals surface area (Å²) in [6.45, 7) is 7.13. The van der Waals surface area contributed by atoms with Crippen LogP contribution in [0.3, 0.4) is 0 Å². The molecule has 0 spiro atoms. The van der Waals surface area contributed by atoms with Gasteiger partial charge in [-0.15, -0.1) is 0 Å². The minimum Gasteiger partial charge on any atom is -0.494 e. The summed E-state index contributed by atoms with van der Waals surface area (Å²) in [5, 5.41) is 3.53. The molecular weight excluding hydrogens is 250 g/mol. The van der Waals surface area contributed by atoms with E-state index in [1.54, 1.807) is 6.26 Å². The van der Waals surface area contributed by atoms with E-state index in [0.717, 1.165) is 24.5 Å². The van der Waals surface area contributed by atoms with Gasteiger partial charge < -0.3 is 14.5 Å². The number of hydrogen-bond acceptors (Lipinski definition) is 3. The van der Waals surface area contributed by atoms with Crippen molar-refractivity contribution in [2.24, 2.45) is 0 Å². The molecule has 0 radical (unpaired) electrons. The molecule has 2 atom stereocenters. The number of nitrogens with one attached hydrogen (secondary N) is 1. The van der Waals surface area contributed by atoms with Gasteiger partial charge in [-0.05, 0) is 50.1 Å². The third kappa shape index (κ3) is 3.87. The molecule has 0 saturated heterocycles. The minimum atomic E-state index is 0.191. The predicted molar refractivity (Wildman–Crippen MR) is 80.9 cm³/mol. The lowest BCUT2D eigenvalue weighted by Gasteiger charge is -2.19. The van der Waals surface area contributed by atoms with Gasteiger partial charge in [-0.2, -0.15) is 0 Å². The van der Waals surface area contributed by atoms with E-state index in [4.69, 9.17) is 9.15 Å². The largest absolute Gasteiger partial charge is 0.494 e. The number of rotatable bonds is 7. The van der Waals surface area contributed by atoms with Crippen molar-refractivity contribution in [3.63, 3.8) is 0 Å². The molecule has 20 heavy (non-hydrogen) atoms. The number of ether oxygens (including phenoxy) is 1. The molecule has 3 nitrogen and oxygen atoms in total. The van der Waals surface area contributed by atoms with Gasteiger partial charge in [-0.1, -0.05) is 19.1 Å². The van der Waals surface area contributed by atoms with Crippen molar-refractivity contribution < 1.29 is 9.15 Å². The Morgan fingerprint density at radius 2 is 1.85 bits per heavy atom. The lowest BCUT2D eigenvalue weighted by Crippen LogP contribution is -2.22. The summed E-state index contributed by atoms with van der Waals surface area (Å²) in [6.07, 6.45) is 2.73. The van der Waals surface area contributed by atoms with Crippen LogP contribution in [0.1, 0.15) is 50.6 Å². The molecule has 1 aromatic carbocycles. The maximum atomic E-state index is 5.59. The van der Waals surface area contributed by atoms with Gasteiger partial charge in [0.2, 0.25) is 0 Å². The van der Waals surface area contributed by atoms with Gasteiger partial charge in [0.25, 0.3) is 0 Å². The quantitative estimate of drug-likeness (QED) is 0.807. The van der Waals surface area contributed by atoms with Crippen LogP contribution in [0.25, 0.3) is 0 Å². The molecule has 1 unspecified atom stereocenters. The molecule has 108 valence electrons. The Morgan fingerprint density at radius 1 is 1.10 bits per heavy atom. The first-order valence-electron chi connectivity index (χ1n) is 7.23. The van der Waals surface area contributed by atoms with Gasteiger partial charge in [-0.3, -0.25) is 0 Å². The summed E-state index contributed by atoms with van der Waals surface area (Å²) < 4.78 is 11.0. The molecule has 3 heteroatoms. The Bertz CT molecular complexity index is 490. The van der Waals surface area contributed by atoms with Crippen molar-refractivity contribution in [1.82, 2.24) is 5.32 Å². The van der Waals surface area contributed by atoms with Crippen LogP contribution in [-0.4, -0.2) is 6.61 Å². The highest BCUT2D eigenvalue weighted by molar-refractivity contribution is 5.29. The van der Waals surface area contributed by atoms with E-state index in [-0.39, 0.29) is 12.1 Å². The van der Waals surface area contributed by atoms with Crippen LogP contribution in [0.5, 0.6) is 5.75 Å². The molecule has 1 N–H and O–H groups in total. The fraction of sp³-hybridized carbons (Fsp3) is 0.412. The molecule has 2 aromatic rings. The van der Waals surface area contributed by atoms with Crippen LogP contribution in [-0.2, 0) is 0 Å². The van der Waals surface area contributed by atoms with Crippen molar-refractivity contribution in [1.29, 1.82) is 0 Å². The lowest BCUT2D eigenvalue weighted by atomic mass is 10.1. The first kappa shape index (κ1) is 14.7. The molecule has 2 rings (SSSR count). The fourth-order valence-electron chi connectivity index (χ4n) is 2.16. The van der Waals surface area contributed by atoms with Gasteiger partial charge in [-0.25, -0.2) is 0 Å². The fourth-order valence-corrected chi connectivity index (χ4v) is 2.16. The molecule has 1 aromatic heterocycles. The van der Waals surface area contributed by atoms with E-state index < -0.39 is 0 Å². The Kier molecular flexibility index (Phi) is 5.24. The topological polar surface area (TPSA) is 34.4 Å². The molecular formula is C17H23NO2.